The zero-order valence-corrected chi connectivity index (χ0v) is 29.5. The molecule has 2 aromatic carbocycles. The van der Waals surface area contributed by atoms with Crippen LogP contribution in [0, 0.1) is 18.8 Å². The second-order valence-corrected chi connectivity index (χ2v) is 15.5. The molecule has 1 spiro atoms. The van der Waals surface area contributed by atoms with E-state index in [0.29, 0.717) is 18.1 Å². The molecule has 9 heteroatoms. The van der Waals surface area contributed by atoms with Gasteiger partial charge in [-0.3, -0.25) is 14.5 Å². The van der Waals surface area contributed by atoms with Crippen molar-refractivity contribution in [1.29, 1.82) is 0 Å². The minimum Gasteiger partial charge on any atom is -0.490 e. The Bertz CT molecular complexity index is 1580. The minimum atomic E-state index is -1.46. The minimum absolute atomic E-state index is 0.173. The lowest BCUT2D eigenvalue weighted by Gasteiger charge is -2.45. The van der Waals surface area contributed by atoms with E-state index in [2.05, 4.69) is 33.7 Å². The lowest BCUT2D eigenvalue weighted by molar-refractivity contribution is 0.0456. The maximum Gasteiger partial charge on any atom is 0.263 e. The fourth-order valence-corrected chi connectivity index (χ4v) is 7.67. The maximum absolute atomic E-state index is 13.0. The average molecular weight is 678 g/mol. The number of rotatable bonds is 8. The number of nitrogens with zero attached hydrogens (tertiary/aromatic N) is 2. The van der Waals surface area contributed by atoms with E-state index in [1.807, 2.05) is 69.3 Å². The molecule has 4 unspecified atom stereocenters. The third-order valence-electron chi connectivity index (χ3n) is 9.67. The molecule has 6 rings (SSSR count). The monoisotopic (exact) mass is 677 g/mol. The fraction of sp³-hybridized carbons (Fsp3) is 0.474. The van der Waals surface area contributed by atoms with Crippen LogP contribution in [0.3, 0.4) is 0 Å². The zero-order valence-electron chi connectivity index (χ0n) is 28.0. The van der Waals surface area contributed by atoms with Gasteiger partial charge in [0.1, 0.15) is 16.7 Å². The third kappa shape index (κ3) is 8.45. The number of nitrogens with one attached hydrogen (secondary N) is 1. The van der Waals surface area contributed by atoms with Crippen molar-refractivity contribution in [2.75, 3.05) is 24.6 Å². The first-order valence-electron chi connectivity index (χ1n) is 16.8. The number of allylic oxidation sites excluding steroid dienone is 1. The van der Waals surface area contributed by atoms with E-state index in [9.17, 15) is 14.1 Å². The summed E-state index contributed by atoms with van der Waals surface area (Å²) in [7, 11) is -1.46. The smallest absolute Gasteiger partial charge is 0.263 e. The van der Waals surface area contributed by atoms with Gasteiger partial charge in [0.25, 0.3) is 5.91 Å². The number of hydrogen-bond acceptors (Lipinski definition) is 6. The number of aromatic nitrogens is 1. The van der Waals surface area contributed by atoms with Crippen molar-refractivity contribution >= 4 is 34.2 Å². The molecule has 3 aromatic rings. The Morgan fingerprint density at radius 3 is 2.70 bits per heavy atom. The van der Waals surface area contributed by atoms with E-state index >= 15 is 0 Å². The highest BCUT2D eigenvalue weighted by molar-refractivity contribution is 7.84. The summed E-state index contributed by atoms with van der Waals surface area (Å²) in [6.45, 7) is 9.75. The summed E-state index contributed by atoms with van der Waals surface area (Å²) in [4.78, 5) is 19.4. The molecule has 1 aromatic heterocycles. The van der Waals surface area contributed by atoms with Crippen LogP contribution >= 0.6 is 11.6 Å². The Morgan fingerprint density at radius 1 is 1.21 bits per heavy atom. The molecule has 1 amide bonds. The number of aryl methyl sites for hydroxylation is 2. The van der Waals surface area contributed by atoms with Crippen LogP contribution in [0.5, 0.6) is 5.75 Å². The van der Waals surface area contributed by atoms with Crippen LogP contribution in [0.15, 0.2) is 72.9 Å². The van der Waals surface area contributed by atoms with Crippen LogP contribution in [-0.2, 0) is 22.8 Å². The Morgan fingerprint density at radius 2 is 2.04 bits per heavy atom. The van der Waals surface area contributed by atoms with Gasteiger partial charge < -0.3 is 14.7 Å². The van der Waals surface area contributed by atoms with Crippen molar-refractivity contribution in [2.45, 2.75) is 83.0 Å². The number of benzene rings is 2. The van der Waals surface area contributed by atoms with Gasteiger partial charge in [-0.15, -0.1) is 0 Å². The Labute approximate surface area is 287 Å². The standard InChI is InChI=1S/C32H41ClN2O4S.C6H7N/c1-4-5-8-29(36)26-12-9-24(26)18-35-19-32(15-6-7-22-16-25(33)11-13-27(22)32)20-39-30-14-10-23(17-28(30)35)31(37)34-40(38)21(2)3;1-6-4-2-3-5-7-6/h5,8,10-11,13-14,16-17,21,24,26,29,36H,4,6-7,9,12,15,18-20H2,1-3H3,(H,34,37);2-5H,1H3/b8-5+;/t24?,26?,29?,32-,40?;/m0./s1. The maximum atomic E-state index is 13.0. The number of ether oxygens (including phenoxy) is 1. The normalized spacial score (nSPS) is 23.0. The fourth-order valence-electron chi connectivity index (χ4n) is 6.94. The lowest BCUT2D eigenvalue weighted by Crippen LogP contribution is -2.49. The van der Waals surface area contributed by atoms with E-state index in [4.69, 9.17) is 16.3 Å². The number of aliphatic hydroxyl groups is 1. The first kappa shape index (κ1) is 35.1. The van der Waals surface area contributed by atoms with Gasteiger partial charge in [-0.2, -0.15) is 0 Å². The first-order valence-corrected chi connectivity index (χ1v) is 18.4. The number of carbonyl (C=O) groups excluding carboxylic acids is 1. The van der Waals surface area contributed by atoms with Crippen molar-refractivity contribution in [3.05, 3.63) is 100 Å². The third-order valence-corrected chi connectivity index (χ3v) is 11.2. The highest BCUT2D eigenvalue weighted by Crippen LogP contribution is 2.46. The van der Waals surface area contributed by atoms with Gasteiger partial charge >= 0.3 is 0 Å². The Hall–Kier alpha value is -3.20. The molecule has 2 heterocycles. The van der Waals surface area contributed by atoms with Gasteiger partial charge in [0.15, 0.2) is 0 Å². The van der Waals surface area contributed by atoms with E-state index in [1.165, 1.54) is 11.1 Å². The predicted octanol–water partition coefficient (Wildman–Crippen LogP) is 7.36. The number of amides is 1. The number of pyridine rings is 1. The van der Waals surface area contributed by atoms with E-state index in [-0.39, 0.29) is 22.5 Å². The largest absolute Gasteiger partial charge is 0.490 e. The SMILES string of the molecule is CC/C=C/C(O)C1CCC1CN1C[C@@]2(CCCc3cc(Cl)ccc32)COc2ccc(C(=O)NS(=O)C(C)C)cc21.Cc1ccccn1. The topological polar surface area (TPSA) is 91.8 Å². The number of hydrogen-bond donors (Lipinski definition) is 2. The van der Waals surface area contributed by atoms with Crippen molar-refractivity contribution in [1.82, 2.24) is 9.71 Å². The molecule has 0 bridgehead atoms. The number of carbonyl (C=O) groups is 1. The predicted molar refractivity (Wildman–Crippen MR) is 192 cm³/mol. The summed E-state index contributed by atoms with van der Waals surface area (Å²) in [5, 5.41) is 11.5. The van der Waals surface area contributed by atoms with Crippen molar-refractivity contribution < 1.29 is 18.8 Å². The molecule has 7 nitrogen and oxygen atoms in total. The summed E-state index contributed by atoms with van der Waals surface area (Å²) in [6.07, 6.45) is 11.4. The molecule has 1 fully saturated rings. The molecule has 3 aliphatic rings. The summed E-state index contributed by atoms with van der Waals surface area (Å²) in [5.41, 5.74) is 4.78. The van der Waals surface area contributed by atoms with Crippen molar-refractivity contribution in [2.24, 2.45) is 11.8 Å². The van der Waals surface area contributed by atoms with Crippen LogP contribution < -0.4 is 14.4 Å². The molecule has 47 heavy (non-hydrogen) atoms. The van der Waals surface area contributed by atoms with E-state index in [0.717, 1.165) is 73.8 Å². The molecular formula is C38H48ClN3O4S. The zero-order chi connectivity index (χ0) is 33.6. The molecule has 0 saturated heterocycles. The molecular weight excluding hydrogens is 630 g/mol. The van der Waals surface area contributed by atoms with E-state index < -0.39 is 17.1 Å². The summed E-state index contributed by atoms with van der Waals surface area (Å²) >= 11 is 6.39. The molecule has 5 atom stereocenters. The number of halogens is 1. The van der Waals surface area contributed by atoms with Crippen molar-refractivity contribution in [3.63, 3.8) is 0 Å². The molecule has 1 aliphatic heterocycles. The summed E-state index contributed by atoms with van der Waals surface area (Å²) < 4.78 is 21.5. The molecule has 0 radical (unpaired) electrons. The van der Waals surface area contributed by atoms with Crippen molar-refractivity contribution in [3.8, 4) is 5.75 Å². The second kappa shape index (κ2) is 15.8. The quantitative estimate of drug-likeness (QED) is 0.242. The molecule has 252 valence electrons. The Balaban J connectivity index is 0.000000549. The second-order valence-electron chi connectivity index (χ2n) is 13.4. The molecule has 2 N–H and O–H groups in total. The van der Waals surface area contributed by atoms with Gasteiger partial charge in [-0.25, -0.2) is 4.21 Å². The Kier molecular flexibility index (Phi) is 11.8. The number of aliphatic hydroxyl groups excluding tert-OH is 1. The van der Waals surface area contributed by atoms with Gasteiger partial charge in [-0.1, -0.05) is 42.8 Å². The highest BCUT2D eigenvalue weighted by atomic mass is 35.5. The highest BCUT2D eigenvalue weighted by Gasteiger charge is 2.44. The van der Waals surface area contributed by atoms with Gasteiger partial charge in [0.05, 0.1) is 18.4 Å². The first-order chi connectivity index (χ1) is 22.6. The van der Waals surface area contributed by atoms with Crippen LogP contribution in [0.2, 0.25) is 5.02 Å². The van der Waals surface area contributed by atoms with Crippen LogP contribution in [0.1, 0.15) is 80.1 Å². The van der Waals surface area contributed by atoms with Gasteiger partial charge in [-0.05, 0) is 125 Å². The molecule has 1 saturated carbocycles. The molecule has 2 aliphatic carbocycles. The lowest BCUT2D eigenvalue weighted by atomic mass is 9.68. The average Bonchev–Trinajstić information content (AvgIpc) is 3.19. The van der Waals surface area contributed by atoms with Crippen LogP contribution in [-0.4, -0.2) is 51.3 Å². The van der Waals surface area contributed by atoms with Gasteiger partial charge in [0.2, 0.25) is 0 Å². The summed E-state index contributed by atoms with van der Waals surface area (Å²) in [5.74, 6) is 0.942. The number of anilines is 1. The van der Waals surface area contributed by atoms with E-state index in [1.54, 1.807) is 12.3 Å². The van der Waals surface area contributed by atoms with Crippen LogP contribution in [0.25, 0.3) is 0 Å². The summed E-state index contributed by atoms with van der Waals surface area (Å²) in [6, 6.07) is 17.6. The number of fused-ring (bicyclic) bond motifs is 3. The van der Waals surface area contributed by atoms with Crippen LogP contribution in [0.4, 0.5) is 5.69 Å². The van der Waals surface area contributed by atoms with Gasteiger partial charge in [0, 0.05) is 46.2 Å².